The van der Waals surface area contributed by atoms with Crippen LogP contribution in [0.15, 0.2) is 30.9 Å². The van der Waals surface area contributed by atoms with E-state index < -0.39 is 0 Å². The summed E-state index contributed by atoms with van der Waals surface area (Å²) >= 11 is 0. The Bertz CT molecular complexity index is 447. The van der Waals surface area contributed by atoms with Crippen molar-refractivity contribution in [3.05, 3.63) is 47.5 Å². The van der Waals surface area contributed by atoms with Gasteiger partial charge in [0.15, 0.2) is 0 Å². The molecule has 0 nitrogen and oxygen atoms in total. The topological polar surface area (TPSA) is 0 Å². The molecule has 1 fully saturated rings. The van der Waals surface area contributed by atoms with E-state index in [9.17, 15) is 0 Å². The van der Waals surface area contributed by atoms with Gasteiger partial charge >= 0.3 is 0 Å². The highest BCUT2D eigenvalue weighted by Crippen LogP contribution is 2.50. The first-order chi connectivity index (χ1) is 7.55. The molecule has 3 rings (SSSR count). The minimum Gasteiger partial charge on any atom is -0.102 e. The summed E-state index contributed by atoms with van der Waals surface area (Å²) in [5.41, 5.74) is 5.44. The molecule has 1 aromatic carbocycles. The lowest BCUT2D eigenvalue weighted by Gasteiger charge is -2.14. The van der Waals surface area contributed by atoms with Gasteiger partial charge in [-0.3, -0.25) is 0 Å². The van der Waals surface area contributed by atoms with E-state index >= 15 is 0 Å². The summed E-state index contributed by atoms with van der Waals surface area (Å²) in [7, 11) is 0. The van der Waals surface area contributed by atoms with Crippen LogP contribution in [-0.4, -0.2) is 0 Å². The van der Waals surface area contributed by atoms with Crippen molar-refractivity contribution in [2.45, 2.75) is 44.9 Å². The first kappa shape index (κ1) is 10.1. The molecule has 0 saturated heterocycles. The van der Waals surface area contributed by atoms with Gasteiger partial charge in [-0.1, -0.05) is 38.1 Å². The molecule has 0 N–H and O–H groups in total. The second-order valence-corrected chi connectivity index (χ2v) is 6.36. The van der Waals surface area contributed by atoms with Crippen molar-refractivity contribution in [1.82, 2.24) is 0 Å². The molecule has 0 heteroatoms. The van der Waals surface area contributed by atoms with Crippen molar-refractivity contribution in [2.75, 3.05) is 0 Å². The van der Waals surface area contributed by atoms with Crippen LogP contribution in [0.2, 0.25) is 0 Å². The second kappa shape index (κ2) is 3.00. The summed E-state index contributed by atoms with van der Waals surface area (Å²) in [5, 5.41) is 0. The third-order valence-corrected chi connectivity index (χ3v) is 4.30. The molecule has 1 aromatic rings. The highest BCUT2D eigenvalue weighted by molar-refractivity contribution is 5.44. The van der Waals surface area contributed by atoms with Crippen LogP contribution in [0.3, 0.4) is 0 Å². The minimum absolute atomic E-state index is 0.335. The van der Waals surface area contributed by atoms with Crippen LogP contribution in [0.5, 0.6) is 0 Å². The summed E-state index contributed by atoms with van der Waals surface area (Å²) in [4.78, 5) is 0. The molecule has 0 bridgehead atoms. The predicted molar refractivity (Wildman–Crippen MR) is 68.7 cm³/mol. The normalized spacial score (nSPS) is 23.9. The van der Waals surface area contributed by atoms with Crippen molar-refractivity contribution in [2.24, 2.45) is 5.41 Å². The molecule has 0 unspecified atom stereocenters. The Kier molecular flexibility index (Phi) is 1.90. The summed E-state index contributed by atoms with van der Waals surface area (Å²) in [6.45, 7) is 8.73. The molecule has 0 aromatic heterocycles. The van der Waals surface area contributed by atoms with E-state index in [4.69, 9.17) is 0 Å². The number of rotatable bonds is 2. The maximum absolute atomic E-state index is 3.99. The molecule has 84 valence electrons. The van der Waals surface area contributed by atoms with Crippen molar-refractivity contribution in [1.29, 1.82) is 0 Å². The molecule has 0 aliphatic heterocycles. The van der Waals surface area contributed by atoms with Gasteiger partial charge < -0.3 is 0 Å². The molecular formula is C16H20. The number of fused-ring (bicyclic) bond motifs is 1. The molecular weight excluding hydrogens is 192 g/mol. The van der Waals surface area contributed by atoms with E-state index in [0.717, 1.165) is 0 Å². The predicted octanol–water partition coefficient (Wildman–Crippen LogP) is 4.03. The smallest absolute Gasteiger partial charge is 0.0130 e. The van der Waals surface area contributed by atoms with E-state index in [1.807, 2.05) is 0 Å². The lowest BCUT2D eigenvalue weighted by molar-refractivity contribution is 0.392. The van der Waals surface area contributed by atoms with Crippen molar-refractivity contribution >= 4 is 0 Å². The average molecular weight is 212 g/mol. The lowest BCUT2D eigenvalue weighted by atomic mass is 9.90. The molecule has 0 radical (unpaired) electrons. The maximum atomic E-state index is 3.99. The molecule has 1 saturated carbocycles. The molecule has 16 heavy (non-hydrogen) atoms. The van der Waals surface area contributed by atoms with Gasteiger partial charge in [0.1, 0.15) is 0 Å². The third-order valence-electron chi connectivity index (χ3n) is 4.30. The Labute approximate surface area is 98.4 Å². The van der Waals surface area contributed by atoms with Gasteiger partial charge in [0.05, 0.1) is 0 Å². The van der Waals surface area contributed by atoms with Crippen LogP contribution in [0.1, 0.15) is 43.4 Å². The maximum Gasteiger partial charge on any atom is 0.0130 e. The van der Waals surface area contributed by atoms with Crippen molar-refractivity contribution < 1.29 is 0 Å². The van der Waals surface area contributed by atoms with Crippen LogP contribution in [0, 0.1) is 5.41 Å². The van der Waals surface area contributed by atoms with Gasteiger partial charge in [0, 0.05) is 5.41 Å². The number of hydrogen-bond acceptors (Lipinski definition) is 0. The SMILES string of the molecule is C=CC1(c2ccc3c(c2)CC(C)(C)C3)CC1. The third kappa shape index (κ3) is 1.43. The first-order valence-electron chi connectivity index (χ1n) is 6.31. The van der Waals surface area contributed by atoms with Gasteiger partial charge in [-0.15, -0.1) is 6.58 Å². The fraction of sp³-hybridized carbons (Fsp3) is 0.500. The monoisotopic (exact) mass is 212 g/mol. The Balaban J connectivity index is 1.99. The minimum atomic E-state index is 0.335. The highest BCUT2D eigenvalue weighted by atomic mass is 14.5. The van der Waals surface area contributed by atoms with Gasteiger partial charge in [0.2, 0.25) is 0 Å². The quantitative estimate of drug-likeness (QED) is 0.649. The number of allylic oxidation sites excluding steroid dienone is 1. The molecule has 0 heterocycles. The number of benzene rings is 1. The van der Waals surface area contributed by atoms with Crippen LogP contribution < -0.4 is 0 Å². The zero-order chi connectivity index (χ0) is 11.4. The van der Waals surface area contributed by atoms with E-state index in [1.165, 1.54) is 31.2 Å². The van der Waals surface area contributed by atoms with E-state index in [2.05, 4.69) is 44.7 Å². The molecule has 0 spiro atoms. The summed E-state index contributed by atoms with van der Waals surface area (Å²) in [6, 6.07) is 7.12. The zero-order valence-corrected chi connectivity index (χ0v) is 10.3. The van der Waals surface area contributed by atoms with Gasteiger partial charge in [-0.25, -0.2) is 0 Å². The summed E-state index contributed by atoms with van der Waals surface area (Å²) in [6.07, 6.45) is 7.21. The Hall–Kier alpha value is -1.04. The lowest BCUT2D eigenvalue weighted by Crippen LogP contribution is -2.09. The van der Waals surface area contributed by atoms with Crippen LogP contribution >= 0.6 is 0 Å². The number of hydrogen-bond donors (Lipinski definition) is 0. The molecule has 0 atom stereocenters. The van der Waals surface area contributed by atoms with Crippen LogP contribution in [0.25, 0.3) is 0 Å². The van der Waals surface area contributed by atoms with Crippen molar-refractivity contribution in [3.63, 3.8) is 0 Å². The second-order valence-electron chi connectivity index (χ2n) is 6.36. The fourth-order valence-electron chi connectivity index (χ4n) is 3.11. The first-order valence-corrected chi connectivity index (χ1v) is 6.31. The largest absolute Gasteiger partial charge is 0.102 e. The van der Waals surface area contributed by atoms with Gasteiger partial charge in [0.25, 0.3) is 0 Å². The summed E-state index contributed by atoms with van der Waals surface area (Å²) in [5.74, 6) is 0. The Morgan fingerprint density at radius 2 is 1.81 bits per heavy atom. The van der Waals surface area contributed by atoms with Crippen molar-refractivity contribution in [3.8, 4) is 0 Å². The van der Waals surface area contributed by atoms with E-state index in [1.54, 1.807) is 11.1 Å². The Morgan fingerprint density at radius 3 is 2.44 bits per heavy atom. The Morgan fingerprint density at radius 1 is 1.12 bits per heavy atom. The van der Waals surface area contributed by atoms with Crippen LogP contribution in [-0.2, 0) is 18.3 Å². The standard InChI is InChI=1S/C16H20/c1-4-16(7-8-16)14-6-5-12-10-15(2,3)11-13(12)9-14/h4-6,9H,1,7-8,10-11H2,2-3H3. The zero-order valence-electron chi connectivity index (χ0n) is 10.3. The highest BCUT2D eigenvalue weighted by Gasteiger charge is 2.42. The van der Waals surface area contributed by atoms with Gasteiger partial charge in [-0.05, 0) is 47.8 Å². The van der Waals surface area contributed by atoms with Gasteiger partial charge in [-0.2, -0.15) is 0 Å². The van der Waals surface area contributed by atoms with E-state index in [0.29, 0.717) is 10.8 Å². The summed E-state index contributed by atoms with van der Waals surface area (Å²) < 4.78 is 0. The average Bonchev–Trinajstić information content (AvgIpc) is 2.95. The molecule has 2 aliphatic carbocycles. The van der Waals surface area contributed by atoms with Crippen LogP contribution in [0.4, 0.5) is 0 Å². The fourth-order valence-corrected chi connectivity index (χ4v) is 3.11. The molecule has 2 aliphatic rings. The molecule has 0 amide bonds. The van der Waals surface area contributed by atoms with E-state index in [-0.39, 0.29) is 0 Å².